The summed E-state index contributed by atoms with van der Waals surface area (Å²) in [5.41, 5.74) is 0. The summed E-state index contributed by atoms with van der Waals surface area (Å²) in [6, 6.07) is 2.59. The Morgan fingerprint density at radius 3 is 2.65 bits per heavy atom. The fraction of sp³-hybridized carbons (Fsp3) is 0.444. The second kappa shape index (κ2) is 6.10. The van der Waals surface area contributed by atoms with E-state index in [1.165, 1.54) is 12.1 Å². The van der Waals surface area contributed by atoms with Crippen LogP contribution in [0.5, 0.6) is 0 Å². The van der Waals surface area contributed by atoms with Crippen LogP contribution in [0.15, 0.2) is 16.3 Å². The molecule has 1 rings (SSSR count). The van der Waals surface area contributed by atoms with Crippen molar-refractivity contribution in [2.45, 2.75) is 10.6 Å². The Bertz CT molecular complexity index is 481. The first-order valence-corrected chi connectivity index (χ1v) is 7.25. The molecule has 1 aromatic heterocycles. The summed E-state index contributed by atoms with van der Waals surface area (Å²) in [5.74, 6) is -1.12. The summed E-state index contributed by atoms with van der Waals surface area (Å²) in [6.07, 6.45) is 0.674. The summed E-state index contributed by atoms with van der Waals surface area (Å²) in [6.45, 7) is 1.04. The van der Waals surface area contributed by atoms with Gasteiger partial charge in [0.1, 0.15) is 9.09 Å². The van der Waals surface area contributed by atoms with Gasteiger partial charge in [0.15, 0.2) is 0 Å². The summed E-state index contributed by atoms with van der Waals surface area (Å²) < 4.78 is 25.9. The molecule has 0 saturated heterocycles. The molecule has 0 saturated carbocycles. The Labute approximate surface area is 104 Å². The van der Waals surface area contributed by atoms with Crippen molar-refractivity contribution in [3.63, 3.8) is 0 Å². The SMILES string of the molecule is CNCCCNS(=O)(=O)c1ccc(C(=O)O)s1. The van der Waals surface area contributed by atoms with E-state index in [1.54, 1.807) is 7.05 Å². The zero-order valence-electron chi connectivity index (χ0n) is 9.26. The van der Waals surface area contributed by atoms with Gasteiger partial charge >= 0.3 is 5.97 Å². The highest BCUT2D eigenvalue weighted by molar-refractivity contribution is 7.91. The van der Waals surface area contributed by atoms with Crippen molar-refractivity contribution in [1.29, 1.82) is 0 Å². The van der Waals surface area contributed by atoms with Gasteiger partial charge in [0.2, 0.25) is 10.0 Å². The quantitative estimate of drug-likeness (QED) is 0.625. The largest absolute Gasteiger partial charge is 0.477 e. The number of nitrogens with one attached hydrogen (secondary N) is 2. The number of aromatic carboxylic acids is 1. The monoisotopic (exact) mass is 278 g/mol. The van der Waals surface area contributed by atoms with Crippen molar-refractivity contribution in [1.82, 2.24) is 10.0 Å². The average Bonchev–Trinajstić information content (AvgIpc) is 2.74. The van der Waals surface area contributed by atoms with Gasteiger partial charge in [-0.1, -0.05) is 0 Å². The lowest BCUT2D eigenvalue weighted by Crippen LogP contribution is -2.26. The van der Waals surface area contributed by atoms with Crippen LogP contribution in [-0.2, 0) is 10.0 Å². The Kier molecular flexibility index (Phi) is 5.06. The van der Waals surface area contributed by atoms with Gasteiger partial charge in [0.05, 0.1) is 0 Å². The van der Waals surface area contributed by atoms with Crippen LogP contribution in [0.3, 0.4) is 0 Å². The number of carboxylic acid groups (broad SMARTS) is 1. The van der Waals surface area contributed by atoms with E-state index >= 15 is 0 Å². The Hall–Kier alpha value is -0.960. The van der Waals surface area contributed by atoms with Crippen LogP contribution in [0.2, 0.25) is 0 Å². The molecule has 6 nitrogen and oxygen atoms in total. The van der Waals surface area contributed by atoms with E-state index in [-0.39, 0.29) is 9.09 Å². The zero-order valence-corrected chi connectivity index (χ0v) is 10.9. The number of thiophene rings is 1. The molecular formula is C9H14N2O4S2. The molecule has 0 spiro atoms. The van der Waals surface area contributed by atoms with Crippen molar-refractivity contribution in [3.05, 3.63) is 17.0 Å². The van der Waals surface area contributed by atoms with Crippen LogP contribution in [0.1, 0.15) is 16.1 Å². The van der Waals surface area contributed by atoms with Gasteiger partial charge in [-0.25, -0.2) is 17.9 Å². The molecule has 0 atom stereocenters. The van der Waals surface area contributed by atoms with Crippen LogP contribution < -0.4 is 10.0 Å². The molecule has 0 aliphatic heterocycles. The third kappa shape index (κ3) is 4.08. The van der Waals surface area contributed by atoms with E-state index in [2.05, 4.69) is 10.0 Å². The van der Waals surface area contributed by atoms with Gasteiger partial charge in [-0.05, 0) is 32.1 Å². The van der Waals surface area contributed by atoms with Gasteiger partial charge in [0, 0.05) is 6.54 Å². The van der Waals surface area contributed by atoms with Gasteiger partial charge < -0.3 is 10.4 Å². The van der Waals surface area contributed by atoms with E-state index in [9.17, 15) is 13.2 Å². The fourth-order valence-electron chi connectivity index (χ4n) is 1.12. The maximum atomic E-state index is 11.7. The Balaban J connectivity index is 2.66. The van der Waals surface area contributed by atoms with E-state index < -0.39 is 16.0 Å². The van der Waals surface area contributed by atoms with E-state index in [0.29, 0.717) is 19.5 Å². The molecule has 1 aromatic rings. The molecule has 0 fully saturated rings. The van der Waals surface area contributed by atoms with Gasteiger partial charge in [0.25, 0.3) is 0 Å². The third-order valence-corrected chi connectivity index (χ3v) is 4.98. The first-order chi connectivity index (χ1) is 7.97. The van der Waals surface area contributed by atoms with Gasteiger partial charge in [-0.15, -0.1) is 11.3 Å². The lowest BCUT2D eigenvalue weighted by atomic mass is 10.4. The van der Waals surface area contributed by atoms with Crippen molar-refractivity contribution in [3.8, 4) is 0 Å². The summed E-state index contributed by atoms with van der Waals surface area (Å²) in [4.78, 5) is 10.6. The molecule has 0 aromatic carbocycles. The van der Waals surface area contributed by atoms with Crippen LogP contribution in [0.25, 0.3) is 0 Å². The number of carboxylic acids is 1. The summed E-state index contributed by atoms with van der Waals surface area (Å²) in [5, 5.41) is 11.6. The first kappa shape index (κ1) is 14.1. The minimum absolute atomic E-state index is 0.0144. The molecular weight excluding hydrogens is 264 g/mol. The highest BCUT2D eigenvalue weighted by atomic mass is 32.2. The van der Waals surface area contributed by atoms with Crippen molar-refractivity contribution >= 4 is 27.3 Å². The van der Waals surface area contributed by atoms with Crippen LogP contribution in [-0.4, -0.2) is 39.6 Å². The van der Waals surface area contributed by atoms with Crippen LogP contribution in [0.4, 0.5) is 0 Å². The third-order valence-electron chi connectivity index (χ3n) is 1.95. The van der Waals surface area contributed by atoms with Crippen molar-refractivity contribution < 1.29 is 18.3 Å². The molecule has 96 valence electrons. The molecule has 0 bridgehead atoms. The minimum atomic E-state index is -3.58. The number of rotatable bonds is 7. The lowest BCUT2D eigenvalue weighted by molar-refractivity contribution is 0.0702. The molecule has 3 N–H and O–H groups in total. The van der Waals surface area contributed by atoms with Crippen LogP contribution >= 0.6 is 11.3 Å². The van der Waals surface area contributed by atoms with E-state index in [0.717, 1.165) is 11.3 Å². The maximum Gasteiger partial charge on any atom is 0.345 e. The second-order valence-corrected chi connectivity index (χ2v) is 6.36. The van der Waals surface area contributed by atoms with Crippen LogP contribution in [0, 0.1) is 0 Å². The number of carbonyl (C=O) groups is 1. The van der Waals surface area contributed by atoms with E-state index in [4.69, 9.17) is 5.11 Å². The Morgan fingerprint density at radius 2 is 2.12 bits per heavy atom. The van der Waals surface area contributed by atoms with Crippen molar-refractivity contribution in [2.24, 2.45) is 0 Å². The Morgan fingerprint density at radius 1 is 1.41 bits per heavy atom. The normalized spacial score (nSPS) is 11.6. The standard InChI is InChI=1S/C9H14N2O4S2/c1-10-5-2-6-11-17(14,15)8-4-3-7(16-8)9(12)13/h3-4,10-11H,2,5-6H2,1H3,(H,12,13). The number of hydrogen-bond donors (Lipinski definition) is 3. The second-order valence-electron chi connectivity index (χ2n) is 3.28. The molecule has 0 aliphatic carbocycles. The fourth-order valence-corrected chi connectivity index (χ4v) is 3.39. The summed E-state index contributed by atoms with van der Waals surface area (Å²) in [7, 11) is -1.79. The molecule has 8 heteroatoms. The molecule has 0 amide bonds. The average molecular weight is 278 g/mol. The minimum Gasteiger partial charge on any atom is -0.477 e. The number of hydrogen-bond acceptors (Lipinski definition) is 5. The molecule has 17 heavy (non-hydrogen) atoms. The zero-order chi connectivity index (χ0) is 12.9. The molecule has 1 heterocycles. The summed E-state index contributed by atoms with van der Waals surface area (Å²) >= 11 is 0.746. The maximum absolute atomic E-state index is 11.7. The number of sulfonamides is 1. The predicted molar refractivity (Wildman–Crippen MR) is 65.0 cm³/mol. The topological polar surface area (TPSA) is 95.5 Å². The van der Waals surface area contributed by atoms with Gasteiger partial charge in [-0.2, -0.15) is 0 Å². The predicted octanol–water partition coefficient (Wildman–Crippen LogP) is 0.334. The molecule has 0 unspecified atom stereocenters. The smallest absolute Gasteiger partial charge is 0.345 e. The van der Waals surface area contributed by atoms with Gasteiger partial charge in [-0.3, -0.25) is 0 Å². The molecule has 0 aliphatic rings. The lowest BCUT2D eigenvalue weighted by Gasteiger charge is -2.03. The molecule has 0 radical (unpaired) electrons. The highest BCUT2D eigenvalue weighted by Crippen LogP contribution is 2.21. The first-order valence-electron chi connectivity index (χ1n) is 4.95. The van der Waals surface area contributed by atoms with E-state index in [1.807, 2.05) is 0 Å². The highest BCUT2D eigenvalue weighted by Gasteiger charge is 2.18. The van der Waals surface area contributed by atoms with Crippen molar-refractivity contribution in [2.75, 3.05) is 20.1 Å².